The van der Waals surface area contributed by atoms with E-state index in [0.717, 1.165) is 82.5 Å². The largest absolute Gasteiger partial charge is 0.309 e. The Bertz CT molecular complexity index is 3620. The van der Waals surface area contributed by atoms with Crippen LogP contribution >= 0.6 is 0 Å². The number of benzene rings is 8. The summed E-state index contributed by atoms with van der Waals surface area (Å²) in [5.41, 5.74) is 12.2. The molecular formula is C56H43N5. The predicted molar refractivity (Wildman–Crippen MR) is 254 cm³/mol. The van der Waals surface area contributed by atoms with Gasteiger partial charge in [0.2, 0.25) is 0 Å². The molecule has 3 aromatic heterocycles. The van der Waals surface area contributed by atoms with E-state index in [9.17, 15) is 10.5 Å². The first kappa shape index (κ1) is 36.5. The molecular weight excluding hydrogens is 743 g/mol. The Morgan fingerprint density at radius 2 is 0.820 bits per heavy atom. The lowest BCUT2D eigenvalue weighted by atomic mass is 9.85. The SMILES string of the molecule is CC(C)(C)c1ccc2c(c1)c1cc(C(C)(C)C)ccc1n2-c1cc(C#N)c(C#N)cc1-n1c2ccc(-n3c4ccccc4c4ccccc43)cc2c2c3ccccc3ccc21. The van der Waals surface area contributed by atoms with Crippen LogP contribution in [0, 0.1) is 22.7 Å². The molecule has 8 aromatic carbocycles. The van der Waals surface area contributed by atoms with Gasteiger partial charge in [-0.3, -0.25) is 0 Å². The minimum Gasteiger partial charge on any atom is -0.309 e. The van der Waals surface area contributed by atoms with Crippen LogP contribution in [0.3, 0.4) is 0 Å². The van der Waals surface area contributed by atoms with Crippen LogP contribution in [0.25, 0.3) is 93.3 Å². The number of para-hydroxylation sites is 2. The molecule has 292 valence electrons. The van der Waals surface area contributed by atoms with Crippen LogP contribution in [0.5, 0.6) is 0 Å². The maximum absolute atomic E-state index is 10.6. The van der Waals surface area contributed by atoms with E-state index in [4.69, 9.17) is 0 Å². The van der Waals surface area contributed by atoms with Crippen LogP contribution in [0.1, 0.15) is 63.8 Å². The minimum absolute atomic E-state index is 0.0539. The number of hydrogen-bond donors (Lipinski definition) is 0. The molecule has 11 aromatic rings. The van der Waals surface area contributed by atoms with Gasteiger partial charge >= 0.3 is 0 Å². The zero-order valence-electron chi connectivity index (χ0n) is 35.2. The number of rotatable bonds is 3. The maximum Gasteiger partial charge on any atom is 0.101 e. The van der Waals surface area contributed by atoms with Gasteiger partial charge in [-0.1, -0.05) is 120 Å². The first-order chi connectivity index (χ1) is 29.4. The van der Waals surface area contributed by atoms with Gasteiger partial charge in [0.15, 0.2) is 0 Å². The summed E-state index contributed by atoms with van der Waals surface area (Å²) in [6, 6.07) is 59.2. The van der Waals surface area contributed by atoms with E-state index < -0.39 is 0 Å². The van der Waals surface area contributed by atoms with Crippen molar-refractivity contribution < 1.29 is 0 Å². The van der Waals surface area contributed by atoms with E-state index in [1.807, 2.05) is 12.1 Å². The lowest BCUT2D eigenvalue weighted by molar-refractivity contribution is 0.590. The number of nitrogens with zero attached hydrogens (tertiary/aromatic N) is 5. The van der Waals surface area contributed by atoms with Gasteiger partial charge in [-0.25, -0.2) is 0 Å². The van der Waals surface area contributed by atoms with Crippen molar-refractivity contribution in [1.29, 1.82) is 10.5 Å². The van der Waals surface area contributed by atoms with Gasteiger partial charge in [-0.05, 0) is 106 Å². The number of aromatic nitrogens is 3. The average Bonchev–Trinajstić information content (AvgIpc) is 3.90. The molecule has 0 radical (unpaired) electrons. The normalized spacial score (nSPS) is 12.4. The Hall–Kier alpha value is -7.60. The predicted octanol–water partition coefficient (Wildman–Crippen LogP) is 14.5. The van der Waals surface area contributed by atoms with E-state index in [-0.39, 0.29) is 10.8 Å². The molecule has 5 heteroatoms. The van der Waals surface area contributed by atoms with Gasteiger partial charge in [0, 0.05) is 38.0 Å². The van der Waals surface area contributed by atoms with E-state index in [0.29, 0.717) is 11.1 Å². The van der Waals surface area contributed by atoms with Crippen LogP contribution in [-0.2, 0) is 10.8 Å². The molecule has 0 fully saturated rings. The molecule has 0 aliphatic heterocycles. The maximum atomic E-state index is 10.6. The third kappa shape index (κ3) is 5.37. The molecule has 11 rings (SSSR count). The number of nitriles is 2. The van der Waals surface area contributed by atoms with Crippen molar-refractivity contribution >= 4 is 76.2 Å². The second-order valence-corrected chi connectivity index (χ2v) is 18.5. The van der Waals surface area contributed by atoms with Crippen molar-refractivity contribution in [3.8, 4) is 29.2 Å². The average molecular weight is 786 g/mol. The molecule has 61 heavy (non-hydrogen) atoms. The summed E-state index contributed by atoms with van der Waals surface area (Å²) in [6.45, 7) is 13.5. The van der Waals surface area contributed by atoms with Gasteiger partial charge in [0.25, 0.3) is 0 Å². The molecule has 5 nitrogen and oxygen atoms in total. The van der Waals surface area contributed by atoms with E-state index in [1.165, 1.54) is 21.9 Å². The Labute approximate surface area is 354 Å². The number of hydrogen-bond acceptors (Lipinski definition) is 2. The quantitative estimate of drug-likeness (QED) is 0.179. The molecule has 0 aliphatic rings. The van der Waals surface area contributed by atoms with E-state index in [2.05, 4.69) is 207 Å². The molecule has 0 amide bonds. The van der Waals surface area contributed by atoms with Gasteiger partial charge < -0.3 is 13.7 Å². The second-order valence-electron chi connectivity index (χ2n) is 18.5. The summed E-state index contributed by atoms with van der Waals surface area (Å²) in [5.74, 6) is 0. The van der Waals surface area contributed by atoms with Gasteiger partial charge in [0.1, 0.15) is 12.1 Å². The number of fused-ring (bicyclic) bond motifs is 11. The van der Waals surface area contributed by atoms with Crippen molar-refractivity contribution in [2.24, 2.45) is 0 Å². The van der Waals surface area contributed by atoms with Crippen LogP contribution in [-0.4, -0.2) is 13.7 Å². The molecule has 0 unspecified atom stereocenters. The van der Waals surface area contributed by atoms with Crippen molar-refractivity contribution in [2.75, 3.05) is 0 Å². The van der Waals surface area contributed by atoms with Crippen molar-refractivity contribution in [1.82, 2.24) is 13.7 Å². The summed E-state index contributed by atoms with van der Waals surface area (Å²) in [5, 5.41) is 30.5. The Morgan fingerprint density at radius 3 is 1.36 bits per heavy atom. The fourth-order valence-electron chi connectivity index (χ4n) is 9.71. The Morgan fingerprint density at radius 1 is 0.377 bits per heavy atom. The highest BCUT2D eigenvalue weighted by Gasteiger charge is 2.26. The molecule has 0 atom stereocenters. The molecule has 0 spiro atoms. The van der Waals surface area contributed by atoms with Crippen molar-refractivity contribution in [2.45, 2.75) is 52.4 Å². The second kappa shape index (κ2) is 12.9. The summed E-state index contributed by atoms with van der Waals surface area (Å²) in [6.07, 6.45) is 0. The molecule has 0 N–H and O–H groups in total. The molecule has 0 saturated heterocycles. The van der Waals surface area contributed by atoms with Gasteiger partial charge in [0.05, 0.1) is 55.6 Å². The first-order valence-electron chi connectivity index (χ1n) is 21.0. The zero-order chi connectivity index (χ0) is 41.9. The fourth-order valence-corrected chi connectivity index (χ4v) is 9.71. The lowest BCUT2D eigenvalue weighted by Gasteiger charge is -2.20. The fraction of sp³-hybridized carbons (Fsp3) is 0.143. The van der Waals surface area contributed by atoms with Crippen molar-refractivity contribution in [3.05, 3.63) is 174 Å². The third-order valence-electron chi connectivity index (χ3n) is 12.8. The lowest BCUT2D eigenvalue weighted by Crippen LogP contribution is -2.10. The summed E-state index contributed by atoms with van der Waals surface area (Å²) >= 11 is 0. The van der Waals surface area contributed by atoms with Crippen molar-refractivity contribution in [3.63, 3.8) is 0 Å². The molecule has 0 aliphatic carbocycles. The Balaban J connectivity index is 1.28. The zero-order valence-corrected chi connectivity index (χ0v) is 35.2. The monoisotopic (exact) mass is 785 g/mol. The van der Waals surface area contributed by atoms with Crippen LogP contribution in [0.2, 0.25) is 0 Å². The summed E-state index contributed by atoms with van der Waals surface area (Å²) < 4.78 is 7.00. The topological polar surface area (TPSA) is 62.4 Å². The van der Waals surface area contributed by atoms with Crippen LogP contribution in [0.4, 0.5) is 0 Å². The highest BCUT2D eigenvalue weighted by Crippen LogP contribution is 2.44. The van der Waals surface area contributed by atoms with Gasteiger partial charge in [-0.2, -0.15) is 10.5 Å². The highest BCUT2D eigenvalue weighted by molar-refractivity contribution is 6.22. The minimum atomic E-state index is -0.0539. The van der Waals surface area contributed by atoms with E-state index in [1.54, 1.807) is 0 Å². The van der Waals surface area contributed by atoms with Crippen LogP contribution < -0.4 is 0 Å². The van der Waals surface area contributed by atoms with E-state index >= 15 is 0 Å². The molecule has 0 saturated carbocycles. The summed E-state index contributed by atoms with van der Waals surface area (Å²) in [7, 11) is 0. The first-order valence-corrected chi connectivity index (χ1v) is 21.0. The molecule has 3 heterocycles. The smallest absolute Gasteiger partial charge is 0.101 e. The highest BCUT2D eigenvalue weighted by atomic mass is 15.1. The van der Waals surface area contributed by atoms with Gasteiger partial charge in [-0.15, -0.1) is 0 Å². The summed E-state index contributed by atoms with van der Waals surface area (Å²) in [4.78, 5) is 0. The third-order valence-corrected chi connectivity index (χ3v) is 12.8. The molecule has 0 bridgehead atoms. The Kier molecular flexibility index (Phi) is 7.74. The standard InChI is InChI=1S/C56H43N5/c1-55(2,3)37-20-24-48-43(29-37)44-30-38(56(4,5)6)21-25-49(44)60(48)52-27-35(32-57)36(33-58)28-53(52)61-50-26-22-39(31-45(50)54-40-14-8-7-13-34(40)19-23-51(54)61)59-46-17-11-9-15-41(46)42-16-10-12-18-47(42)59/h7-31H,1-6H3. The van der Waals surface area contributed by atoms with Crippen LogP contribution in [0.15, 0.2) is 152 Å².